The molecule has 5 rings (SSSR count). The molecule has 5 nitrogen and oxygen atoms in total. The summed E-state index contributed by atoms with van der Waals surface area (Å²) < 4.78 is 2.22. The number of pyridine rings is 1. The van der Waals surface area contributed by atoms with Crippen molar-refractivity contribution in [1.82, 2.24) is 19.6 Å². The predicted octanol–water partition coefficient (Wildman–Crippen LogP) is 3.61. The van der Waals surface area contributed by atoms with E-state index in [9.17, 15) is 5.11 Å². The Kier molecular flexibility index (Phi) is 5.80. The van der Waals surface area contributed by atoms with Gasteiger partial charge in [-0.15, -0.1) is 0 Å². The predicted molar refractivity (Wildman–Crippen MR) is 125 cm³/mol. The van der Waals surface area contributed by atoms with Crippen molar-refractivity contribution in [2.24, 2.45) is 0 Å². The lowest BCUT2D eigenvalue weighted by Gasteiger charge is -2.27. The molecule has 2 N–H and O–H groups in total. The van der Waals surface area contributed by atoms with E-state index in [4.69, 9.17) is 4.98 Å². The minimum absolute atomic E-state index is 0.154. The number of aliphatic hydroxyl groups excluding tert-OH is 1. The second kappa shape index (κ2) is 9.02. The summed E-state index contributed by atoms with van der Waals surface area (Å²) in [6.45, 7) is 5.13. The maximum Gasteiger partial charge on any atom is 0.137 e. The van der Waals surface area contributed by atoms with Crippen LogP contribution in [0.3, 0.4) is 0 Å². The number of piperazine rings is 1. The number of imidazole rings is 1. The molecule has 2 aromatic heterocycles. The lowest BCUT2D eigenvalue weighted by molar-refractivity contribution is 0.230. The SMILES string of the molecule is OCCc1ccc2nc(-c3ccc(-c4ccccc4)cc3)c(CN3CCNCC3)n2c1. The van der Waals surface area contributed by atoms with Crippen LogP contribution in [0.2, 0.25) is 0 Å². The number of hydrogen-bond donors (Lipinski definition) is 2. The summed E-state index contributed by atoms with van der Waals surface area (Å²) in [7, 11) is 0. The smallest absolute Gasteiger partial charge is 0.137 e. The largest absolute Gasteiger partial charge is 0.396 e. The monoisotopic (exact) mass is 412 g/mol. The Morgan fingerprint density at radius 1 is 0.839 bits per heavy atom. The molecule has 1 aliphatic rings. The Morgan fingerprint density at radius 2 is 1.55 bits per heavy atom. The molecule has 158 valence electrons. The molecule has 0 radical (unpaired) electrons. The Morgan fingerprint density at radius 3 is 2.29 bits per heavy atom. The Labute approximate surface area is 183 Å². The summed E-state index contributed by atoms with van der Waals surface area (Å²) in [5.41, 5.74) is 7.90. The fourth-order valence-corrected chi connectivity index (χ4v) is 4.33. The van der Waals surface area contributed by atoms with Gasteiger partial charge in [-0.3, -0.25) is 4.90 Å². The fraction of sp³-hybridized carbons (Fsp3) is 0.269. The molecular formula is C26H28N4O. The van der Waals surface area contributed by atoms with E-state index in [0.717, 1.165) is 55.2 Å². The van der Waals surface area contributed by atoms with Gasteiger partial charge in [-0.05, 0) is 29.2 Å². The first kappa shape index (κ1) is 19.9. The average molecular weight is 413 g/mol. The number of benzene rings is 2. The molecule has 2 aromatic carbocycles. The maximum atomic E-state index is 9.39. The van der Waals surface area contributed by atoms with Gasteiger partial charge in [-0.1, -0.05) is 60.7 Å². The van der Waals surface area contributed by atoms with Crippen LogP contribution in [-0.2, 0) is 13.0 Å². The van der Waals surface area contributed by atoms with Crippen molar-refractivity contribution in [3.05, 3.63) is 84.2 Å². The van der Waals surface area contributed by atoms with Crippen molar-refractivity contribution >= 4 is 5.65 Å². The molecule has 0 amide bonds. The van der Waals surface area contributed by atoms with E-state index in [1.807, 2.05) is 6.07 Å². The Bertz CT molecular complexity index is 1150. The molecule has 0 atom stereocenters. The van der Waals surface area contributed by atoms with Crippen molar-refractivity contribution < 1.29 is 5.11 Å². The summed E-state index contributed by atoms with van der Waals surface area (Å²) >= 11 is 0. The van der Waals surface area contributed by atoms with E-state index >= 15 is 0 Å². The van der Waals surface area contributed by atoms with Gasteiger partial charge >= 0.3 is 0 Å². The molecular weight excluding hydrogens is 384 g/mol. The number of aliphatic hydroxyl groups is 1. The summed E-state index contributed by atoms with van der Waals surface area (Å²) in [4.78, 5) is 7.50. The lowest BCUT2D eigenvalue weighted by Crippen LogP contribution is -2.43. The van der Waals surface area contributed by atoms with Gasteiger partial charge in [0.05, 0.1) is 11.4 Å². The van der Waals surface area contributed by atoms with Crippen molar-refractivity contribution in [3.63, 3.8) is 0 Å². The van der Waals surface area contributed by atoms with Crippen molar-refractivity contribution in [2.75, 3.05) is 32.8 Å². The third kappa shape index (κ3) is 4.26. The zero-order valence-corrected chi connectivity index (χ0v) is 17.7. The number of fused-ring (bicyclic) bond motifs is 1. The highest BCUT2D eigenvalue weighted by molar-refractivity contribution is 5.71. The van der Waals surface area contributed by atoms with Crippen molar-refractivity contribution in [3.8, 4) is 22.4 Å². The first-order valence-corrected chi connectivity index (χ1v) is 11.0. The van der Waals surface area contributed by atoms with Crippen molar-refractivity contribution in [1.29, 1.82) is 0 Å². The molecule has 0 unspecified atom stereocenters. The van der Waals surface area contributed by atoms with Gasteiger partial charge < -0.3 is 14.8 Å². The topological polar surface area (TPSA) is 52.8 Å². The van der Waals surface area contributed by atoms with Gasteiger partial charge in [0.2, 0.25) is 0 Å². The third-order valence-corrected chi connectivity index (χ3v) is 6.03. The van der Waals surface area contributed by atoms with Crippen LogP contribution < -0.4 is 5.32 Å². The minimum Gasteiger partial charge on any atom is -0.396 e. The van der Waals surface area contributed by atoms with Crippen LogP contribution in [0, 0.1) is 0 Å². The van der Waals surface area contributed by atoms with E-state index in [2.05, 4.69) is 81.5 Å². The molecule has 0 saturated carbocycles. The van der Waals surface area contributed by atoms with Crippen LogP contribution in [0.25, 0.3) is 28.0 Å². The van der Waals surface area contributed by atoms with Gasteiger partial charge in [0.25, 0.3) is 0 Å². The Hall–Kier alpha value is -2.99. The third-order valence-electron chi connectivity index (χ3n) is 6.03. The lowest BCUT2D eigenvalue weighted by atomic mass is 10.0. The molecule has 1 saturated heterocycles. The number of nitrogens with zero attached hydrogens (tertiary/aromatic N) is 3. The van der Waals surface area contributed by atoms with E-state index < -0.39 is 0 Å². The zero-order chi connectivity index (χ0) is 21.0. The van der Waals surface area contributed by atoms with E-state index in [0.29, 0.717) is 6.42 Å². The number of aromatic nitrogens is 2. The summed E-state index contributed by atoms with van der Waals surface area (Å²) in [5.74, 6) is 0. The standard InChI is InChI=1S/C26H28N4O/c31-17-12-20-6-11-25-28-26(24(30(25)18-20)19-29-15-13-27-14-16-29)23-9-7-22(8-10-23)21-4-2-1-3-5-21/h1-11,18,27,31H,12-17,19H2. The minimum atomic E-state index is 0.154. The molecule has 1 aliphatic heterocycles. The number of hydrogen-bond acceptors (Lipinski definition) is 4. The van der Waals surface area contributed by atoms with Crippen LogP contribution in [-0.4, -0.2) is 52.2 Å². The van der Waals surface area contributed by atoms with Gasteiger partial charge in [0, 0.05) is 51.1 Å². The molecule has 3 heterocycles. The van der Waals surface area contributed by atoms with Gasteiger partial charge in [0.15, 0.2) is 0 Å². The maximum absolute atomic E-state index is 9.39. The van der Waals surface area contributed by atoms with Crippen LogP contribution in [0.4, 0.5) is 0 Å². The Balaban J connectivity index is 1.55. The van der Waals surface area contributed by atoms with E-state index in [1.165, 1.54) is 16.8 Å². The quantitative estimate of drug-likeness (QED) is 0.508. The second-order valence-corrected chi connectivity index (χ2v) is 8.12. The number of nitrogens with one attached hydrogen (secondary N) is 1. The highest BCUT2D eigenvalue weighted by Crippen LogP contribution is 2.29. The average Bonchev–Trinajstić information content (AvgIpc) is 3.18. The molecule has 4 aromatic rings. The van der Waals surface area contributed by atoms with Crippen LogP contribution >= 0.6 is 0 Å². The van der Waals surface area contributed by atoms with E-state index in [1.54, 1.807) is 0 Å². The molecule has 0 aliphatic carbocycles. The normalized spacial score (nSPS) is 14.9. The highest BCUT2D eigenvalue weighted by Gasteiger charge is 2.19. The first-order valence-electron chi connectivity index (χ1n) is 11.0. The number of rotatable bonds is 6. The molecule has 31 heavy (non-hydrogen) atoms. The highest BCUT2D eigenvalue weighted by atomic mass is 16.2. The van der Waals surface area contributed by atoms with Gasteiger partial charge in [-0.2, -0.15) is 0 Å². The summed E-state index contributed by atoms with van der Waals surface area (Å²) in [5, 5.41) is 12.8. The summed E-state index contributed by atoms with van der Waals surface area (Å²) in [6.07, 6.45) is 2.79. The summed E-state index contributed by atoms with van der Waals surface area (Å²) in [6, 6.07) is 23.3. The molecule has 0 spiro atoms. The molecule has 1 fully saturated rings. The fourth-order valence-electron chi connectivity index (χ4n) is 4.33. The van der Waals surface area contributed by atoms with Crippen molar-refractivity contribution in [2.45, 2.75) is 13.0 Å². The molecule has 5 heteroatoms. The van der Waals surface area contributed by atoms with Crippen LogP contribution in [0.1, 0.15) is 11.3 Å². The van der Waals surface area contributed by atoms with Gasteiger partial charge in [-0.25, -0.2) is 4.98 Å². The molecule has 0 bridgehead atoms. The van der Waals surface area contributed by atoms with Crippen LogP contribution in [0.5, 0.6) is 0 Å². The van der Waals surface area contributed by atoms with E-state index in [-0.39, 0.29) is 6.61 Å². The van der Waals surface area contributed by atoms with Crippen LogP contribution in [0.15, 0.2) is 72.9 Å². The first-order chi connectivity index (χ1) is 15.3. The zero-order valence-electron chi connectivity index (χ0n) is 17.7. The second-order valence-electron chi connectivity index (χ2n) is 8.12. The van der Waals surface area contributed by atoms with Gasteiger partial charge in [0.1, 0.15) is 5.65 Å².